The zero-order chi connectivity index (χ0) is 14.4. The van der Waals surface area contributed by atoms with Gasteiger partial charge in [-0.05, 0) is 31.0 Å². The molecule has 0 spiro atoms. The van der Waals surface area contributed by atoms with Crippen LogP contribution < -0.4 is 5.32 Å². The molecule has 0 radical (unpaired) electrons. The summed E-state index contributed by atoms with van der Waals surface area (Å²) >= 11 is 0. The van der Waals surface area contributed by atoms with Crippen LogP contribution in [0.5, 0.6) is 0 Å². The van der Waals surface area contributed by atoms with E-state index in [1.807, 2.05) is 54.3 Å². The molecule has 0 amide bonds. The Morgan fingerprint density at radius 2 is 2.10 bits per heavy atom. The van der Waals surface area contributed by atoms with Gasteiger partial charge < -0.3 is 0 Å². The maximum absolute atomic E-state index is 9.77. The van der Waals surface area contributed by atoms with Crippen molar-refractivity contribution in [1.29, 1.82) is 5.26 Å². The summed E-state index contributed by atoms with van der Waals surface area (Å²) < 4.78 is 1.83. The number of nitrogens with one attached hydrogen (secondary N) is 1. The van der Waals surface area contributed by atoms with Crippen molar-refractivity contribution in [3.8, 4) is 6.07 Å². The van der Waals surface area contributed by atoms with Gasteiger partial charge in [-0.15, -0.1) is 0 Å². The summed E-state index contributed by atoms with van der Waals surface area (Å²) in [6.45, 7) is 5.39. The van der Waals surface area contributed by atoms with Crippen molar-refractivity contribution in [3.05, 3.63) is 53.9 Å². The van der Waals surface area contributed by atoms with Gasteiger partial charge in [-0.25, -0.2) is 0 Å². The lowest BCUT2D eigenvalue weighted by molar-refractivity contribution is 0.352. The lowest BCUT2D eigenvalue weighted by Crippen LogP contribution is -2.45. The van der Waals surface area contributed by atoms with Gasteiger partial charge >= 0.3 is 0 Å². The van der Waals surface area contributed by atoms with Crippen LogP contribution in [0, 0.1) is 18.3 Å². The zero-order valence-corrected chi connectivity index (χ0v) is 12.0. The second-order valence-corrected chi connectivity index (χ2v) is 5.03. The largest absolute Gasteiger partial charge is 0.294 e. The zero-order valence-electron chi connectivity index (χ0n) is 12.0. The van der Waals surface area contributed by atoms with Gasteiger partial charge in [0.15, 0.2) is 5.54 Å². The Hall–Kier alpha value is -2.12. The average Bonchev–Trinajstić information content (AvgIpc) is 2.89. The standard InChI is InChI=1S/C16H20N4/c1-3-9-18-16(12-17,15-7-5-4-6-8-15)13-20-11-14(2)10-19-20/h4-8,10-11,18H,3,9,13H2,1-2H3. The van der Waals surface area contributed by atoms with Crippen LogP contribution in [0.4, 0.5) is 0 Å². The molecule has 0 aliphatic rings. The third kappa shape index (κ3) is 3.06. The van der Waals surface area contributed by atoms with Crippen LogP contribution in [0.15, 0.2) is 42.7 Å². The third-order valence-electron chi connectivity index (χ3n) is 3.30. The second kappa shape index (κ2) is 6.36. The highest BCUT2D eigenvalue weighted by molar-refractivity contribution is 5.31. The van der Waals surface area contributed by atoms with E-state index in [0.717, 1.165) is 24.1 Å². The van der Waals surface area contributed by atoms with E-state index in [1.165, 1.54) is 0 Å². The molecule has 2 aromatic rings. The molecular weight excluding hydrogens is 248 g/mol. The second-order valence-electron chi connectivity index (χ2n) is 5.03. The maximum atomic E-state index is 9.77. The Bertz CT molecular complexity index is 582. The van der Waals surface area contributed by atoms with Gasteiger partial charge in [-0.3, -0.25) is 10.00 Å². The van der Waals surface area contributed by atoms with Crippen LogP contribution >= 0.6 is 0 Å². The van der Waals surface area contributed by atoms with Crippen molar-refractivity contribution in [2.24, 2.45) is 0 Å². The summed E-state index contributed by atoms with van der Waals surface area (Å²) in [6, 6.07) is 12.3. The van der Waals surface area contributed by atoms with Crippen molar-refractivity contribution < 1.29 is 0 Å². The molecule has 0 fully saturated rings. The van der Waals surface area contributed by atoms with Crippen LogP contribution in [-0.4, -0.2) is 16.3 Å². The highest BCUT2D eigenvalue weighted by atomic mass is 15.3. The predicted molar refractivity (Wildman–Crippen MR) is 79.0 cm³/mol. The van der Waals surface area contributed by atoms with Gasteiger partial charge in [0.2, 0.25) is 0 Å². The molecule has 0 saturated heterocycles. The van der Waals surface area contributed by atoms with Crippen LogP contribution in [0.2, 0.25) is 0 Å². The predicted octanol–water partition coefficient (Wildman–Crippen LogP) is 2.61. The first-order valence-corrected chi connectivity index (χ1v) is 6.91. The number of nitriles is 1. The van der Waals surface area contributed by atoms with Crippen molar-refractivity contribution in [2.45, 2.75) is 32.4 Å². The Kier molecular flexibility index (Phi) is 4.54. The Balaban J connectivity index is 2.35. The van der Waals surface area contributed by atoms with E-state index in [4.69, 9.17) is 0 Å². The Labute approximate surface area is 120 Å². The maximum Gasteiger partial charge on any atom is 0.152 e. The van der Waals surface area contributed by atoms with E-state index in [-0.39, 0.29) is 0 Å². The number of hydrogen-bond acceptors (Lipinski definition) is 3. The Morgan fingerprint density at radius 3 is 2.65 bits per heavy atom. The quantitative estimate of drug-likeness (QED) is 0.876. The van der Waals surface area contributed by atoms with Gasteiger partial charge in [0.1, 0.15) is 0 Å². The highest BCUT2D eigenvalue weighted by Gasteiger charge is 2.32. The first-order valence-electron chi connectivity index (χ1n) is 6.91. The molecule has 1 atom stereocenters. The van der Waals surface area contributed by atoms with E-state index in [1.54, 1.807) is 0 Å². The van der Waals surface area contributed by atoms with Gasteiger partial charge in [0.25, 0.3) is 0 Å². The van der Waals surface area contributed by atoms with Gasteiger partial charge in [0.05, 0.1) is 18.8 Å². The minimum Gasteiger partial charge on any atom is -0.294 e. The Morgan fingerprint density at radius 1 is 1.35 bits per heavy atom. The number of nitrogens with zero attached hydrogens (tertiary/aromatic N) is 3. The molecular formula is C16H20N4. The molecule has 1 N–H and O–H groups in total. The minimum atomic E-state index is -0.740. The van der Waals surface area contributed by atoms with E-state index in [2.05, 4.69) is 23.4 Å². The summed E-state index contributed by atoms with van der Waals surface area (Å²) in [5.74, 6) is 0. The molecule has 1 unspecified atom stereocenters. The van der Waals surface area contributed by atoms with Crippen molar-refractivity contribution >= 4 is 0 Å². The number of benzene rings is 1. The summed E-state index contributed by atoms with van der Waals surface area (Å²) in [7, 11) is 0. The van der Waals surface area contributed by atoms with Crippen LogP contribution in [0.25, 0.3) is 0 Å². The van der Waals surface area contributed by atoms with Crippen LogP contribution in [0.3, 0.4) is 0 Å². The van der Waals surface area contributed by atoms with Crippen LogP contribution in [0.1, 0.15) is 24.5 Å². The van der Waals surface area contributed by atoms with Gasteiger partial charge in [-0.1, -0.05) is 37.3 Å². The normalized spacial score (nSPS) is 13.7. The fourth-order valence-electron chi connectivity index (χ4n) is 2.25. The van der Waals surface area contributed by atoms with Crippen LogP contribution in [-0.2, 0) is 12.1 Å². The lowest BCUT2D eigenvalue weighted by Gasteiger charge is -2.28. The molecule has 0 aliphatic carbocycles. The first kappa shape index (κ1) is 14.3. The monoisotopic (exact) mass is 268 g/mol. The summed E-state index contributed by atoms with van der Waals surface area (Å²) in [4.78, 5) is 0. The van der Waals surface area contributed by atoms with Crippen molar-refractivity contribution in [2.75, 3.05) is 6.54 Å². The van der Waals surface area contributed by atoms with E-state index in [9.17, 15) is 5.26 Å². The number of aromatic nitrogens is 2. The van der Waals surface area contributed by atoms with Crippen molar-refractivity contribution in [1.82, 2.24) is 15.1 Å². The number of rotatable bonds is 6. The van der Waals surface area contributed by atoms with E-state index < -0.39 is 5.54 Å². The summed E-state index contributed by atoms with van der Waals surface area (Å²) in [5.41, 5.74) is 1.33. The fraction of sp³-hybridized carbons (Fsp3) is 0.375. The molecule has 1 aromatic carbocycles. The average molecular weight is 268 g/mol. The smallest absolute Gasteiger partial charge is 0.152 e. The third-order valence-corrected chi connectivity index (χ3v) is 3.30. The van der Waals surface area contributed by atoms with E-state index in [0.29, 0.717) is 6.54 Å². The summed E-state index contributed by atoms with van der Waals surface area (Å²) in [6.07, 6.45) is 4.75. The molecule has 104 valence electrons. The molecule has 0 saturated carbocycles. The van der Waals surface area contributed by atoms with Gasteiger partial charge in [-0.2, -0.15) is 10.4 Å². The number of aryl methyl sites for hydroxylation is 1. The molecule has 1 heterocycles. The van der Waals surface area contributed by atoms with E-state index >= 15 is 0 Å². The lowest BCUT2D eigenvalue weighted by atomic mass is 9.91. The molecule has 4 heteroatoms. The number of hydrogen-bond donors (Lipinski definition) is 1. The molecule has 1 aromatic heterocycles. The minimum absolute atomic E-state index is 0.501. The van der Waals surface area contributed by atoms with Gasteiger partial charge in [0, 0.05) is 6.20 Å². The highest BCUT2D eigenvalue weighted by Crippen LogP contribution is 2.22. The fourth-order valence-corrected chi connectivity index (χ4v) is 2.25. The van der Waals surface area contributed by atoms with Crippen molar-refractivity contribution in [3.63, 3.8) is 0 Å². The summed E-state index contributed by atoms with van der Waals surface area (Å²) in [5, 5.41) is 17.5. The topological polar surface area (TPSA) is 53.6 Å². The first-order chi connectivity index (χ1) is 9.70. The molecule has 20 heavy (non-hydrogen) atoms. The molecule has 0 aliphatic heterocycles. The molecule has 2 rings (SSSR count). The molecule has 4 nitrogen and oxygen atoms in total. The SMILES string of the molecule is CCCNC(C#N)(Cn1cc(C)cn1)c1ccccc1. The molecule has 0 bridgehead atoms.